The molecular formula is C20H26N4O3S. The molecule has 3 rings (SSSR count). The summed E-state index contributed by atoms with van der Waals surface area (Å²) in [5, 5.41) is 0.785. The van der Waals surface area contributed by atoms with Gasteiger partial charge in [-0.2, -0.15) is 0 Å². The zero-order valence-electron chi connectivity index (χ0n) is 16.7. The van der Waals surface area contributed by atoms with Crippen LogP contribution < -0.4 is 10.6 Å². The average Bonchev–Trinajstić information content (AvgIpc) is 3.03. The first-order chi connectivity index (χ1) is 13.1. The van der Waals surface area contributed by atoms with Crippen molar-refractivity contribution in [2.45, 2.75) is 33.3 Å². The molecule has 1 saturated heterocycles. The number of hydrogen-bond donors (Lipinski definition) is 1. The lowest BCUT2D eigenvalue weighted by Crippen LogP contribution is -2.50. The van der Waals surface area contributed by atoms with Crippen molar-refractivity contribution in [3.63, 3.8) is 0 Å². The summed E-state index contributed by atoms with van der Waals surface area (Å²) in [7, 11) is 0. The third-order valence-corrected chi connectivity index (χ3v) is 5.65. The number of nitrogens with two attached hydrogens (primary N) is 1. The van der Waals surface area contributed by atoms with E-state index in [9.17, 15) is 9.59 Å². The largest absolute Gasteiger partial charge is 0.444 e. The van der Waals surface area contributed by atoms with Crippen LogP contribution in [0.2, 0.25) is 0 Å². The number of nitrogens with zero attached hydrogens (tertiary/aromatic N) is 3. The van der Waals surface area contributed by atoms with E-state index in [0.717, 1.165) is 29.3 Å². The highest BCUT2D eigenvalue weighted by molar-refractivity contribution is 7.17. The van der Waals surface area contributed by atoms with Crippen molar-refractivity contribution in [2.24, 2.45) is 5.73 Å². The van der Waals surface area contributed by atoms with Gasteiger partial charge in [-0.1, -0.05) is 0 Å². The minimum absolute atomic E-state index is 0.258. The van der Waals surface area contributed by atoms with Crippen molar-refractivity contribution in [1.29, 1.82) is 0 Å². The topological polar surface area (TPSA) is 88.8 Å². The first-order valence-electron chi connectivity index (χ1n) is 9.24. The van der Waals surface area contributed by atoms with E-state index in [1.165, 1.54) is 11.3 Å². The number of benzene rings is 1. The molecule has 2 aromatic rings. The van der Waals surface area contributed by atoms with Crippen molar-refractivity contribution in [3.05, 3.63) is 34.8 Å². The molecule has 2 heterocycles. The molecule has 0 saturated carbocycles. The number of ether oxygens (including phenoxy) is 1. The first-order valence-corrected chi connectivity index (χ1v) is 10.1. The monoisotopic (exact) mass is 402 g/mol. The fourth-order valence-corrected chi connectivity index (χ4v) is 3.96. The van der Waals surface area contributed by atoms with Crippen LogP contribution in [0.5, 0.6) is 0 Å². The smallest absolute Gasteiger partial charge is 0.410 e. The number of aromatic nitrogens is 1. The summed E-state index contributed by atoms with van der Waals surface area (Å²) in [6.45, 7) is 10.2. The van der Waals surface area contributed by atoms with Gasteiger partial charge in [0, 0.05) is 37.4 Å². The van der Waals surface area contributed by atoms with Crippen molar-refractivity contribution in [2.75, 3.05) is 31.1 Å². The highest BCUT2D eigenvalue weighted by Crippen LogP contribution is 2.29. The Bertz CT molecular complexity index is 863. The van der Waals surface area contributed by atoms with Crippen LogP contribution in [0.4, 0.5) is 10.5 Å². The predicted octanol–water partition coefficient (Wildman–Crippen LogP) is 3.27. The third-order valence-electron chi connectivity index (χ3n) is 4.43. The van der Waals surface area contributed by atoms with Gasteiger partial charge in [0.25, 0.3) is 5.91 Å². The summed E-state index contributed by atoms with van der Waals surface area (Å²) in [4.78, 5) is 32.5. The van der Waals surface area contributed by atoms with Crippen molar-refractivity contribution in [3.8, 4) is 10.6 Å². The number of amides is 2. The molecule has 28 heavy (non-hydrogen) atoms. The molecule has 0 spiro atoms. The number of carbonyl (C=O) groups excluding carboxylic acids is 2. The molecule has 1 aromatic heterocycles. The quantitative estimate of drug-likeness (QED) is 0.851. The minimum Gasteiger partial charge on any atom is -0.444 e. The van der Waals surface area contributed by atoms with E-state index in [2.05, 4.69) is 9.88 Å². The predicted molar refractivity (Wildman–Crippen MR) is 111 cm³/mol. The van der Waals surface area contributed by atoms with Gasteiger partial charge in [-0.05, 0) is 52.0 Å². The molecule has 0 radical (unpaired) electrons. The van der Waals surface area contributed by atoms with Gasteiger partial charge >= 0.3 is 6.09 Å². The van der Waals surface area contributed by atoms with E-state index in [1.807, 2.05) is 45.0 Å². The maximum absolute atomic E-state index is 12.2. The van der Waals surface area contributed by atoms with E-state index < -0.39 is 11.5 Å². The maximum Gasteiger partial charge on any atom is 0.410 e. The molecule has 0 bridgehead atoms. The van der Waals surface area contributed by atoms with Gasteiger partial charge in [0.05, 0.1) is 5.69 Å². The van der Waals surface area contributed by atoms with Gasteiger partial charge < -0.3 is 20.3 Å². The fourth-order valence-electron chi connectivity index (χ4n) is 3.04. The summed E-state index contributed by atoms with van der Waals surface area (Å²) >= 11 is 1.31. The standard InChI is InChI=1S/C20H26N4O3S/c1-13-16(17(21)25)28-18(22-13)14-5-7-15(8-6-14)23-9-11-24(12-10-23)19(26)27-20(2,3)4/h5-8H,9-12H2,1-4H3,(H2,21,25). The number of hydrogen-bond acceptors (Lipinski definition) is 6. The van der Waals surface area contributed by atoms with E-state index in [-0.39, 0.29) is 6.09 Å². The fraction of sp³-hybridized carbons (Fsp3) is 0.450. The Kier molecular flexibility index (Phi) is 5.60. The Morgan fingerprint density at radius 2 is 1.71 bits per heavy atom. The van der Waals surface area contributed by atoms with Crippen LogP contribution in [0, 0.1) is 6.92 Å². The van der Waals surface area contributed by atoms with Gasteiger partial charge in [0.1, 0.15) is 15.5 Å². The summed E-state index contributed by atoms with van der Waals surface area (Å²) in [5.74, 6) is -0.444. The minimum atomic E-state index is -0.480. The lowest BCUT2D eigenvalue weighted by Gasteiger charge is -2.36. The third kappa shape index (κ3) is 4.62. The number of carbonyl (C=O) groups is 2. The van der Waals surface area contributed by atoms with E-state index in [4.69, 9.17) is 10.5 Å². The summed E-state index contributed by atoms with van der Waals surface area (Å²) in [5.41, 5.74) is 7.61. The lowest BCUT2D eigenvalue weighted by molar-refractivity contribution is 0.0240. The first kappa shape index (κ1) is 20.1. The molecular weight excluding hydrogens is 376 g/mol. The normalized spacial score (nSPS) is 14.9. The Balaban J connectivity index is 1.63. The summed E-state index contributed by atoms with van der Waals surface area (Å²) in [6.07, 6.45) is -0.258. The summed E-state index contributed by atoms with van der Waals surface area (Å²) in [6, 6.07) is 8.08. The average molecular weight is 403 g/mol. The van der Waals surface area contributed by atoms with Crippen molar-refractivity contribution >= 4 is 29.0 Å². The molecule has 0 atom stereocenters. The number of anilines is 1. The maximum atomic E-state index is 12.2. The van der Waals surface area contributed by atoms with Crippen LogP contribution in [-0.4, -0.2) is 53.7 Å². The SMILES string of the molecule is Cc1nc(-c2ccc(N3CCN(C(=O)OC(C)(C)C)CC3)cc2)sc1C(N)=O. The lowest BCUT2D eigenvalue weighted by atomic mass is 10.2. The molecule has 0 unspecified atom stereocenters. The van der Waals surface area contributed by atoms with E-state index in [1.54, 1.807) is 11.8 Å². The van der Waals surface area contributed by atoms with Crippen molar-refractivity contribution in [1.82, 2.24) is 9.88 Å². The number of piperazine rings is 1. The molecule has 1 aromatic carbocycles. The molecule has 1 aliphatic rings. The van der Waals surface area contributed by atoms with Gasteiger partial charge in [-0.3, -0.25) is 4.79 Å². The molecule has 0 aliphatic carbocycles. The van der Waals surface area contributed by atoms with E-state index in [0.29, 0.717) is 23.7 Å². The van der Waals surface area contributed by atoms with Gasteiger partial charge in [0.2, 0.25) is 0 Å². The highest BCUT2D eigenvalue weighted by Gasteiger charge is 2.26. The van der Waals surface area contributed by atoms with Crippen LogP contribution in [0.3, 0.4) is 0 Å². The molecule has 1 fully saturated rings. The number of aryl methyl sites for hydroxylation is 1. The zero-order valence-corrected chi connectivity index (χ0v) is 17.5. The van der Waals surface area contributed by atoms with Crippen LogP contribution in [-0.2, 0) is 4.74 Å². The zero-order chi connectivity index (χ0) is 20.5. The Labute approximate surface area is 169 Å². The molecule has 150 valence electrons. The Morgan fingerprint density at radius 3 is 2.21 bits per heavy atom. The number of rotatable bonds is 3. The van der Waals surface area contributed by atoms with Crippen LogP contribution in [0.1, 0.15) is 36.1 Å². The highest BCUT2D eigenvalue weighted by atomic mass is 32.1. The van der Waals surface area contributed by atoms with Gasteiger partial charge in [0.15, 0.2) is 0 Å². The second kappa shape index (κ2) is 7.79. The molecule has 7 nitrogen and oxygen atoms in total. The molecule has 1 aliphatic heterocycles. The summed E-state index contributed by atoms with van der Waals surface area (Å²) < 4.78 is 5.44. The molecule has 8 heteroatoms. The van der Waals surface area contributed by atoms with Crippen LogP contribution in [0.25, 0.3) is 10.6 Å². The molecule has 2 amide bonds. The van der Waals surface area contributed by atoms with Crippen LogP contribution >= 0.6 is 11.3 Å². The number of primary amides is 1. The Morgan fingerprint density at radius 1 is 1.11 bits per heavy atom. The second-order valence-corrected chi connectivity index (χ2v) is 8.80. The van der Waals surface area contributed by atoms with Crippen LogP contribution in [0.15, 0.2) is 24.3 Å². The van der Waals surface area contributed by atoms with Crippen molar-refractivity contribution < 1.29 is 14.3 Å². The second-order valence-electron chi connectivity index (χ2n) is 7.80. The van der Waals surface area contributed by atoms with Gasteiger partial charge in [-0.15, -0.1) is 11.3 Å². The van der Waals surface area contributed by atoms with Gasteiger partial charge in [-0.25, -0.2) is 9.78 Å². The molecule has 2 N–H and O–H groups in total. The number of thiazole rings is 1. The Hall–Kier alpha value is -2.61. The van der Waals surface area contributed by atoms with E-state index >= 15 is 0 Å².